The Kier molecular flexibility index (Phi) is 6.72. The van der Waals surface area contributed by atoms with Crippen molar-refractivity contribution in [2.75, 3.05) is 13.2 Å². The molecule has 1 saturated heterocycles. The molecule has 1 aliphatic heterocycles. The van der Waals surface area contributed by atoms with Crippen LogP contribution in [0.15, 0.2) is 34.9 Å². The summed E-state index contributed by atoms with van der Waals surface area (Å²) in [5.41, 5.74) is -0.608. The van der Waals surface area contributed by atoms with Gasteiger partial charge in [-0.3, -0.25) is 0 Å². The zero-order valence-corrected chi connectivity index (χ0v) is 15.8. The number of hydrogen-bond donors (Lipinski definition) is 1. The Morgan fingerprint density at radius 1 is 1.32 bits per heavy atom. The first-order valence-corrected chi connectivity index (χ1v) is 9.55. The van der Waals surface area contributed by atoms with E-state index in [9.17, 15) is 13.2 Å². The van der Waals surface area contributed by atoms with Crippen LogP contribution >= 0.6 is 0 Å². The van der Waals surface area contributed by atoms with Crippen molar-refractivity contribution in [3.8, 4) is 17.1 Å². The number of rotatable bonds is 8. The molecule has 0 amide bonds. The molecule has 8 heteroatoms. The highest BCUT2D eigenvalue weighted by atomic mass is 19.4. The standard InChI is InChI=1S/C20H24F3N3O2/c1-2-3-4-5-6-12-27-17-10-9-14(13-15(17)20(21,22)23)18-25-19(28-26-18)16-8-7-11-24-16/h5-6,9-10,13,16,24H,2-4,7-8,11-12H2,1H3/b6-5+. The number of aromatic nitrogens is 2. The van der Waals surface area contributed by atoms with E-state index in [0.717, 1.165) is 44.7 Å². The van der Waals surface area contributed by atoms with Crippen molar-refractivity contribution in [3.05, 3.63) is 41.8 Å². The van der Waals surface area contributed by atoms with Crippen LogP contribution in [0.1, 0.15) is 56.5 Å². The van der Waals surface area contributed by atoms with Crippen molar-refractivity contribution >= 4 is 0 Å². The van der Waals surface area contributed by atoms with Gasteiger partial charge in [0.15, 0.2) is 0 Å². The molecule has 5 nitrogen and oxygen atoms in total. The zero-order chi connectivity index (χ0) is 20.0. The first kappa shape index (κ1) is 20.4. The maximum atomic E-state index is 13.5. The van der Waals surface area contributed by atoms with Crippen molar-refractivity contribution in [3.63, 3.8) is 0 Å². The number of nitrogens with one attached hydrogen (secondary N) is 1. The van der Waals surface area contributed by atoms with Gasteiger partial charge in [-0.1, -0.05) is 37.1 Å². The first-order chi connectivity index (χ1) is 13.5. The van der Waals surface area contributed by atoms with Crippen LogP contribution in [0.2, 0.25) is 0 Å². The number of unbranched alkanes of at least 4 members (excludes halogenated alkanes) is 2. The SMILES string of the molecule is CCCC/C=C/COc1ccc(-c2noc(C3CCCN3)n2)cc1C(F)(F)F. The number of ether oxygens (including phenoxy) is 1. The fourth-order valence-electron chi connectivity index (χ4n) is 3.05. The molecule has 1 unspecified atom stereocenters. The Hall–Kier alpha value is -2.35. The molecule has 0 saturated carbocycles. The second-order valence-corrected chi connectivity index (χ2v) is 6.74. The first-order valence-electron chi connectivity index (χ1n) is 9.55. The maximum absolute atomic E-state index is 13.5. The second-order valence-electron chi connectivity index (χ2n) is 6.74. The topological polar surface area (TPSA) is 60.2 Å². The average molecular weight is 395 g/mol. The summed E-state index contributed by atoms with van der Waals surface area (Å²) in [5, 5.41) is 7.06. The highest BCUT2D eigenvalue weighted by Crippen LogP contribution is 2.38. The Bertz CT molecular complexity index is 796. The number of hydrogen-bond acceptors (Lipinski definition) is 5. The van der Waals surface area contributed by atoms with E-state index in [2.05, 4.69) is 22.4 Å². The number of nitrogens with zero attached hydrogens (tertiary/aromatic N) is 2. The van der Waals surface area contributed by atoms with Gasteiger partial charge in [0.1, 0.15) is 12.4 Å². The van der Waals surface area contributed by atoms with E-state index >= 15 is 0 Å². The lowest BCUT2D eigenvalue weighted by molar-refractivity contribution is -0.138. The summed E-state index contributed by atoms with van der Waals surface area (Å²) in [5.74, 6) is 0.330. The highest BCUT2D eigenvalue weighted by molar-refractivity contribution is 5.59. The molecule has 0 aliphatic carbocycles. The van der Waals surface area contributed by atoms with Crippen molar-refractivity contribution in [1.29, 1.82) is 0 Å². The van der Waals surface area contributed by atoms with Crippen molar-refractivity contribution in [2.24, 2.45) is 0 Å². The molecule has 1 N–H and O–H groups in total. The minimum Gasteiger partial charge on any atom is -0.489 e. The quantitative estimate of drug-likeness (QED) is 0.485. The van der Waals surface area contributed by atoms with Gasteiger partial charge in [-0.2, -0.15) is 18.2 Å². The van der Waals surface area contributed by atoms with Crippen molar-refractivity contribution in [2.45, 2.75) is 51.2 Å². The lowest BCUT2D eigenvalue weighted by Crippen LogP contribution is -2.13. The third-order valence-corrected chi connectivity index (χ3v) is 4.57. The largest absolute Gasteiger partial charge is 0.489 e. The molecule has 1 fully saturated rings. The minimum atomic E-state index is -4.54. The van der Waals surface area contributed by atoms with E-state index in [-0.39, 0.29) is 29.8 Å². The van der Waals surface area contributed by atoms with Crippen molar-refractivity contribution < 1.29 is 22.4 Å². The molecule has 3 rings (SSSR count). The van der Waals surface area contributed by atoms with Crippen LogP contribution in [0.25, 0.3) is 11.4 Å². The lowest BCUT2D eigenvalue weighted by atomic mass is 10.1. The van der Waals surface area contributed by atoms with E-state index in [1.54, 1.807) is 6.08 Å². The number of halogens is 3. The Balaban J connectivity index is 1.76. The monoisotopic (exact) mass is 395 g/mol. The van der Waals surface area contributed by atoms with Gasteiger partial charge in [0.25, 0.3) is 0 Å². The summed E-state index contributed by atoms with van der Waals surface area (Å²) in [6.45, 7) is 3.03. The Morgan fingerprint density at radius 3 is 2.89 bits per heavy atom. The van der Waals surface area contributed by atoms with Crippen LogP contribution in [0.5, 0.6) is 5.75 Å². The normalized spacial score (nSPS) is 17.5. The summed E-state index contributed by atoms with van der Waals surface area (Å²) >= 11 is 0. The van der Waals surface area contributed by atoms with Crippen LogP contribution in [0.4, 0.5) is 13.2 Å². The Morgan fingerprint density at radius 2 is 2.18 bits per heavy atom. The zero-order valence-electron chi connectivity index (χ0n) is 15.8. The molecule has 1 atom stereocenters. The fraction of sp³-hybridized carbons (Fsp3) is 0.500. The van der Waals surface area contributed by atoms with Gasteiger partial charge in [0.05, 0.1) is 11.6 Å². The smallest absolute Gasteiger partial charge is 0.419 e. The van der Waals surface area contributed by atoms with Gasteiger partial charge < -0.3 is 14.6 Å². The molecule has 28 heavy (non-hydrogen) atoms. The molecule has 0 spiro atoms. The molecule has 0 radical (unpaired) electrons. The van der Waals surface area contributed by atoms with E-state index in [1.165, 1.54) is 12.1 Å². The minimum absolute atomic E-state index is 0.0366. The molecule has 1 aliphatic rings. The molecule has 2 heterocycles. The third kappa shape index (κ3) is 5.13. The fourth-order valence-corrected chi connectivity index (χ4v) is 3.05. The van der Waals surface area contributed by atoms with Crippen LogP contribution in [-0.2, 0) is 6.18 Å². The number of allylic oxidation sites excluding steroid dienone is 1. The summed E-state index contributed by atoms with van der Waals surface area (Å²) in [6, 6.07) is 3.79. The molecule has 1 aromatic heterocycles. The third-order valence-electron chi connectivity index (χ3n) is 4.57. The maximum Gasteiger partial charge on any atom is 0.419 e. The molecule has 1 aromatic carbocycles. The van der Waals surface area contributed by atoms with E-state index in [1.807, 2.05) is 6.08 Å². The predicted octanol–water partition coefficient (Wildman–Crippen LogP) is 5.31. The van der Waals surface area contributed by atoms with Gasteiger partial charge in [0.2, 0.25) is 11.7 Å². The van der Waals surface area contributed by atoms with Gasteiger partial charge in [0, 0.05) is 5.56 Å². The number of alkyl halides is 3. The highest BCUT2D eigenvalue weighted by Gasteiger charge is 2.35. The van der Waals surface area contributed by atoms with Gasteiger partial charge in [-0.25, -0.2) is 0 Å². The molecule has 152 valence electrons. The molecular weight excluding hydrogens is 371 g/mol. The number of benzene rings is 1. The van der Waals surface area contributed by atoms with Crippen molar-refractivity contribution in [1.82, 2.24) is 15.5 Å². The van der Waals surface area contributed by atoms with Gasteiger partial charge >= 0.3 is 6.18 Å². The summed E-state index contributed by atoms with van der Waals surface area (Å²) in [7, 11) is 0. The summed E-state index contributed by atoms with van der Waals surface area (Å²) in [6.07, 6.45) is 3.99. The van der Waals surface area contributed by atoms with E-state index in [4.69, 9.17) is 9.26 Å². The lowest BCUT2D eigenvalue weighted by Gasteiger charge is -2.14. The van der Waals surface area contributed by atoms with E-state index in [0.29, 0.717) is 5.89 Å². The van der Waals surface area contributed by atoms with Gasteiger partial charge in [-0.15, -0.1) is 0 Å². The van der Waals surface area contributed by atoms with Crippen LogP contribution < -0.4 is 10.1 Å². The van der Waals surface area contributed by atoms with Crippen LogP contribution in [0, 0.1) is 0 Å². The van der Waals surface area contributed by atoms with Gasteiger partial charge in [-0.05, 0) is 44.0 Å². The Labute approximate surface area is 162 Å². The second kappa shape index (κ2) is 9.23. The molecular formula is C20H24F3N3O2. The molecule has 2 aromatic rings. The average Bonchev–Trinajstić information content (AvgIpc) is 3.35. The summed E-state index contributed by atoms with van der Waals surface area (Å²) < 4.78 is 51.1. The van der Waals surface area contributed by atoms with Crippen LogP contribution in [0.3, 0.4) is 0 Å². The van der Waals surface area contributed by atoms with Crippen LogP contribution in [-0.4, -0.2) is 23.3 Å². The molecule has 0 bridgehead atoms. The summed E-state index contributed by atoms with van der Waals surface area (Å²) in [4.78, 5) is 4.26. The van der Waals surface area contributed by atoms with E-state index < -0.39 is 11.7 Å². The predicted molar refractivity (Wildman–Crippen MR) is 98.9 cm³/mol.